The topological polar surface area (TPSA) is 43.5 Å². The summed E-state index contributed by atoms with van der Waals surface area (Å²) in [5.41, 5.74) is 0. The molecule has 0 aliphatic carbocycles. The highest BCUT2D eigenvalue weighted by Gasteiger charge is 2.41. The molecule has 0 N–H and O–H groups in total. The van der Waals surface area contributed by atoms with Crippen molar-refractivity contribution in [2.24, 2.45) is 0 Å². The third-order valence-electron chi connectivity index (χ3n) is 13.4. The molecule has 0 aromatic heterocycles. The second-order valence-corrected chi connectivity index (χ2v) is 20.0. The minimum absolute atomic E-state index is 0.360. The van der Waals surface area contributed by atoms with E-state index in [9.17, 15) is 0 Å². The van der Waals surface area contributed by atoms with Gasteiger partial charge < -0.3 is 18.9 Å². The van der Waals surface area contributed by atoms with Gasteiger partial charge in [-0.3, -0.25) is 0 Å². The standard InChI is InChI=1S/C50H100F2O.C6H10O3/c1-5-9-13-17-21-23-25-27-29-31-33-35-39-43-47-49(51,45-41-37-19-15-11-7-3)53-50(52,46-42-38-20-16-12-8-4)48-44-40-36-34-32-30-28-26-24-22-18-14-10-6-2;1(5-3-8-5)7-2-6-4-9-6/h5-48H2,1-4H3;5-6H,1-4H2. The number of epoxide rings is 2. The lowest BCUT2D eigenvalue weighted by Crippen LogP contribution is -2.39. The molecule has 0 amide bonds. The largest absolute Gasteiger partial charge is 0.376 e. The van der Waals surface area contributed by atoms with Crippen LogP contribution in [0.25, 0.3) is 0 Å². The highest BCUT2D eigenvalue weighted by Crippen LogP contribution is 2.39. The Balaban J connectivity index is 0.00000185. The molecule has 0 radical (unpaired) electrons. The molecule has 0 bridgehead atoms. The number of halogens is 2. The second-order valence-electron chi connectivity index (χ2n) is 20.0. The van der Waals surface area contributed by atoms with Crippen molar-refractivity contribution in [3.05, 3.63) is 0 Å². The van der Waals surface area contributed by atoms with Crippen LogP contribution in [0.4, 0.5) is 8.78 Å². The maximum Gasteiger partial charge on any atom is 0.212 e. The summed E-state index contributed by atoms with van der Waals surface area (Å²) in [6.45, 7) is 12.3. The lowest BCUT2D eigenvalue weighted by molar-refractivity contribution is -0.286. The van der Waals surface area contributed by atoms with Gasteiger partial charge in [-0.1, -0.05) is 259 Å². The summed E-state index contributed by atoms with van der Waals surface area (Å²) in [4.78, 5) is 0. The molecule has 62 heavy (non-hydrogen) atoms. The molecule has 6 heteroatoms. The van der Waals surface area contributed by atoms with Crippen molar-refractivity contribution >= 4 is 0 Å². The predicted octanol–water partition coefficient (Wildman–Crippen LogP) is 19.4. The zero-order valence-electron chi connectivity index (χ0n) is 42.5. The van der Waals surface area contributed by atoms with E-state index in [1.54, 1.807) is 0 Å². The summed E-state index contributed by atoms with van der Waals surface area (Å²) < 4.78 is 54.9. The summed E-state index contributed by atoms with van der Waals surface area (Å²) in [5, 5.41) is 0. The molecule has 4 atom stereocenters. The fraction of sp³-hybridized carbons (Fsp3) is 1.00. The highest BCUT2D eigenvalue weighted by atomic mass is 19.2. The number of alkyl halides is 2. The van der Waals surface area contributed by atoms with E-state index in [1.165, 1.54) is 193 Å². The van der Waals surface area contributed by atoms with E-state index >= 15 is 8.78 Å². The molecule has 0 aromatic carbocycles. The number of hydrogen-bond donors (Lipinski definition) is 0. The molecular formula is C56H110F2O4. The van der Waals surface area contributed by atoms with Gasteiger partial charge in [0.05, 0.1) is 26.4 Å². The zero-order chi connectivity index (χ0) is 44.9. The van der Waals surface area contributed by atoms with Crippen molar-refractivity contribution in [2.75, 3.05) is 26.4 Å². The van der Waals surface area contributed by atoms with Gasteiger partial charge >= 0.3 is 0 Å². The molecule has 372 valence electrons. The van der Waals surface area contributed by atoms with Crippen molar-refractivity contribution in [1.82, 2.24) is 0 Å². The van der Waals surface area contributed by atoms with Crippen LogP contribution in [0.1, 0.15) is 310 Å². The van der Waals surface area contributed by atoms with Crippen molar-refractivity contribution < 1.29 is 27.7 Å². The molecule has 2 aliphatic heterocycles. The van der Waals surface area contributed by atoms with Gasteiger partial charge in [0.25, 0.3) is 0 Å². The van der Waals surface area contributed by atoms with Crippen LogP contribution >= 0.6 is 0 Å². The Morgan fingerprint density at radius 1 is 0.323 bits per heavy atom. The van der Waals surface area contributed by atoms with Crippen LogP contribution in [-0.4, -0.2) is 50.3 Å². The summed E-state index contributed by atoms with van der Waals surface area (Å²) in [6, 6.07) is 0. The molecule has 2 heterocycles. The fourth-order valence-corrected chi connectivity index (χ4v) is 8.95. The molecule has 2 aliphatic rings. The average Bonchev–Trinajstić information content (AvgIpc) is 4.22. The number of hydrogen-bond acceptors (Lipinski definition) is 4. The Morgan fingerprint density at radius 3 is 0.677 bits per heavy atom. The van der Waals surface area contributed by atoms with Gasteiger partial charge in [0.1, 0.15) is 12.2 Å². The minimum atomic E-state index is -1.82. The van der Waals surface area contributed by atoms with E-state index in [-0.39, 0.29) is 0 Å². The Labute approximate surface area is 387 Å². The quantitative estimate of drug-likeness (QED) is 0.0451. The maximum absolute atomic E-state index is 16.8. The zero-order valence-corrected chi connectivity index (χ0v) is 42.5. The lowest BCUT2D eigenvalue weighted by Gasteiger charge is -2.35. The summed E-state index contributed by atoms with van der Waals surface area (Å²) >= 11 is 0. The van der Waals surface area contributed by atoms with Crippen LogP contribution in [0.5, 0.6) is 0 Å². The van der Waals surface area contributed by atoms with Crippen molar-refractivity contribution in [3.8, 4) is 0 Å². The van der Waals surface area contributed by atoms with Gasteiger partial charge in [-0.2, -0.15) is 0 Å². The van der Waals surface area contributed by atoms with Crippen LogP contribution in [0.15, 0.2) is 0 Å². The van der Waals surface area contributed by atoms with Crippen LogP contribution in [0, 0.1) is 0 Å². The first-order valence-electron chi connectivity index (χ1n) is 28.3. The van der Waals surface area contributed by atoms with Gasteiger partial charge in [-0.05, 0) is 25.7 Å². The van der Waals surface area contributed by atoms with E-state index < -0.39 is 11.7 Å². The molecule has 2 saturated heterocycles. The van der Waals surface area contributed by atoms with Crippen LogP contribution in [0.2, 0.25) is 0 Å². The molecule has 4 unspecified atom stereocenters. The molecule has 0 saturated carbocycles. The van der Waals surface area contributed by atoms with Crippen LogP contribution < -0.4 is 0 Å². The minimum Gasteiger partial charge on any atom is -0.376 e. The SMILES string of the molecule is C(OCC1CO1)C1CO1.CCCCCCCCCCCCCCCCC(F)(CCCCCCCC)OC(F)(CCCCCCCC)CCCCCCCCCCCCCCCC. The molecule has 0 spiro atoms. The van der Waals surface area contributed by atoms with Crippen molar-refractivity contribution in [3.63, 3.8) is 0 Å². The van der Waals surface area contributed by atoms with E-state index in [1.807, 2.05) is 0 Å². The molecule has 2 fully saturated rings. The monoisotopic (exact) mass is 885 g/mol. The van der Waals surface area contributed by atoms with Gasteiger partial charge in [-0.15, -0.1) is 0 Å². The van der Waals surface area contributed by atoms with Gasteiger partial charge in [0.2, 0.25) is 11.7 Å². The van der Waals surface area contributed by atoms with Crippen LogP contribution in [0.3, 0.4) is 0 Å². The van der Waals surface area contributed by atoms with E-state index in [4.69, 9.17) is 18.9 Å². The third-order valence-corrected chi connectivity index (χ3v) is 13.4. The first-order chi connectivity index (χ1) is 30.4. The lowest BCUT2D eigenvalue weighted by atomic mass is 9.97. The first-order valence-corrected chi connectivity index (χ1v) is 28.3. The molecule has 0 aromatic rings. The summed E-state index contributed by atoms with van der Waals surface area (Å²) in [7, 11) is 0. The predicted molar refractivity (Wildman–Crippen MR) is 265 cm³/mol. The number of rotatable bonds is 50. The van der Waals surface area contributed by atoms with Crippen molar-refractivity contribution in [1.29, 1.82) is 0 Å². The smallest absolute Gasteiger partial charge is 0.212 e. The molecular weight excluding hydrogens is 775 g/mol. The number of unbranched alkanes of at least 4 members (excludes halogenated alkanes) is 36. The highest BCUT2D eigenvalue weighted by molar-refractivity contribution is 4.78. The van der Waals surface area contributed by atoms with Crippen molar-refractivity contribution in [2.45, 2.75) is 334 Å². The van der Waals surface area contributed by atoms with E-state index in [2.05, 4.69) is 27.7 Å². The summed E-state index contributed by atoms with van der Waals surface area (Å²) in [6.07, 6.45) is 51.6. The third kappa shape index (κ3) is 42.3. The van der Waals surface area contributed by atoms with Gasteiger partial charge in [-0.25, -0.2) is 8.78 Å². The fourth-order valence-electron chi connectivity index (χ4n) is 8.95. The Morgan fingerprint density at radius 2 is 0.500 bits per heavy atom. The normalized spacial score (nSPS) is 17.7. The summed E-state index contributed by atoms with van der Waals surface area (Å²) in [5.74, 6) is -3.65. The second kappa shape index (κ2) is 44.5. The Kier molecular flexibility index (Phi) is 42.9. The maximum atomic E-state index is 16.8. The number of ether oxygens (including phenoxy) is 4. The molecule has 2 rings (SSSR count). The van der Waals surface area contributed by atoms with Gasteiger partial charge in [0, 0.05) is 25.7 Å². The van der Waals surface area contributed by atoms with E-state index in [0.717, 1.165) is 90.6 Å². The Hall–Kier alpha value is -0.300. The first kappa shape index (κ1) is 59.7. The van der Waals surface area contributed by atoms with E-state index in [0.29, 0.717) is 37.9 Å². The average molecular weight is 885 g/mol. The molecule has 4 nitrogen and oxygen atoms in total. The van der Waals surface area contributed by atoms with Gasteiger partial charge in [0.15, 0.2) is 0 Å². The Bertz CT molecular complexity index is 816. The van der Waals surface area contributed by atoms with Crippen LogP contribution in [-0.2, 0) is 18.9 Å².